The minimum atomic E-state index is 0.585. The summed E-state index contributed by atoms with van der Waals surface area (Å²) in [6.07, 6.45) is 6.22. The van der Waals surface area contributed by atoms with Crippen molar-refractivity contribution in [2.24, 2.45) is 5.92 Å². The lowest BCUT2D eigenvalue weighted by molar-refractivity contribution is 0.388. The average Bonchev–Trinajstić information content (AvgIpc) is 3.32. The summed E-state index contributed by atoms with van der Waals surface area (Å²) < 4.78 is 0. The lowest BCUT2D eigenvalue weighted by Crippen LogP contribution is -2.41. The summed E-state index contributed by atoms with van der Waals surface area (Å²) in [6.45, 7) is 8.95. The molecule has 1 aromatic rings. The topological polar surface area (TPSA) is 41.0 Å². The molecule has 1 aliphatic heterocycles. The van der Waals surface area contributed by atoms with Gasteiger partial charge in [0.25, 0.3) is 0 Å². The van der Waals surface area contributed by atoms with Gasteiger partial charge in [-0.1, -0.05) is 13.8 Å². The zero-order valence-electron chi connectivity index (χ0n) is 13.6. The first-order valence-corrected chi connectivity index (χ1v) is 8.57. The highest BCUT2D eigenvalue weighted by Gasteiger charge is 2.30. The molecule has 1 aromatic heterocycles. The van der Waals surface area contributed by atoms with Gasteiger partial charge in [0.05, 0.1) is 0 Å². The Bertz CT molecular complexity index is 484. The summed E-state index contributed by atoms with van der Waals surface area (Å²) in [5, 5.41) is 3.45. The van der Waals surface area contributed by atoms with Crippen molar-refractivity contribution in [3.63, 3.8) is 0 Å². The van der Waals surface area contributed by atoms with Crippen molar-refractivity contribution in [1.82, 2.24) is 9.97 Å². The molecule has 1 saturated heterocycles. The molecule has 0 bridgehead atoms. The number of anilines is 2. The van der Waals surface area contributed by atoms with Crippen LogP contribution in [0.3, 0.4) is 0 Å². The Kier molecular flexibility index (Phi) is 4.32. The van der Waals surface area contributed by atoms with E-state index < -0.39 is 0 Å². The van der Waals surface area contributed by atoms with Gasteiger partial charge in [-0.2, -0.15) is 0 Å². The van der Waals surface area contributed by atoms with E-state index in [0.29, 0.717) is 12.0 Å². The predicted molar refractivity (Wildman–Crippen MR) is 88.0 cm³/mol. The molecular formula is C17H28N4. The largest absolute Gasteiger partial charge is 0.370 e. The Hall–Kier alpha value is -1.32. The van der Waals surface area contributed by atoms with Gasteiger partial charge in [-0.3, -0.25) is 0 Å². The van der Waals surface area contributed by atoms with Crippen LogP contribution in [0.2, 0.25) is 0 Å². The third kappa shape index (κ3) is 3.47. The summed E-state index contributed by atoms with van der Waals surface area (Å²) in [6, 6.07) is 2.73. The molecule has 21 heavy (non-hydrogen) atoms. The highest BCUT2D eigenvalue weighted by Crippen LogP contribution is 2.39. The highest BCUT2D eigenvalue weighted by molar-refractivity contribution is 5.51. The smallest absolute Gasteiger partial charge is 0.136 e. The van der Waals surface area contributed by atoms with Crippen LogP contribution in [0.4, 0.5) is 11.6 Å². The van der Waals surface area contributed by atoms with Gasteiger partial charge >= 0.3 is 0 Å². The van der Waals surface area contributed by atoms with Gasteiger partial charge in [0.15, 0.2) is 0 Å². The molecule has 3 rings (SSSR count). The van der Waals surface area contributed by atoms with E-state index in [9.17, 15) is 0 Å². The summed E-state index contributed by atoms with van der Waals surface area (Å²) >= 11 is 0. The second-order valence-electron chi connectivity index (χ2n) is 6.85. The van der Waals surface area contributed by atoms with E-state index in [1.165, 1.54) is 25.7 Å². The second kappa shape index (κ2) is 6.20. The van der Waals surface area contributed by atoms with E-state index in [2.05, 4.69) is 37.1 Å². The molecule has 116 valence electrons. The monoisotopic (exact) mass is 288 g/mol. The quantitative estimate of drug-likeness (QED) is 0.894. The minimum absolute atomic E-state index is 0.585. The van der Waals surface area contributed by atoms with Crippen LogP contribution < -0.4 is 10.2 Å². The van der Waals surface area contributed by atoms with Crippen molar-refractivity contribution < 1.29 is 0 Å². The molecule has 0 aromatic carbocycles. The maximum Gasteiger partial charge on any atom is 0.136 e. The molecule has 0 spiro atoms. The fourth-order valence-electron chi connectivity index (χ4n) is 3.08. The van der Waals surface area contributed by atoms with Crippen LogP contribution in [0.1, 0.15) is 64.6 Å². The lowest BCUT2D eigenvalue weighted by atomic mass is 9.95. The molecule has 2 heterocycles. The molecule has 2 aliphatic rings. The van der Waals surface area contributed by atoms with Crippen molar-refractivity contribution in [2.45, 2.75) is 64.8 Å². The number of hydrogen-bond donors (Lipinski definition) is 1. The predicted octanol–water partition coefficient (Wildman–Crippen LogP) is 3.80. The maximum atomic E-state index is 4.89. The SMILES string of the molecule is CCCNc1cc(N2CC(C)CCC2C)nc(C2CC2)n1. The van der Waals surface area contributed by atoms with Crippen LogP contribution in [-0.2, 0) is 0 Å². The third-order valence-electron chi connectivity index (χ3n) is 4.64. The molecule has 2 atom stereocenters. The number of rotatable bonds is 5. The van der Waals surface area contributed by atoms with E-state index in [1.54, 1.807) is 0 Å². The Morgan fingerprint density at radius 1 is 1.19 bits per heavy atom. The van der Waals surface area contributed by atoms with Crippen molar-refractivity contribution in [1.29, 1.82) is 0 Å². The van der Waals surface area contributed by atoms with Crippen LogP contribution in [0.5, 0.6) is 0 Å². The first-order chi connectivity index (χ1) is 10.2. The first-order valence-electron chi connectivity index (χ1n) is 8.57. The molecule has 1 saturated carbocycles. The normalized spacial score (nSPS) is 26.0. The molecule has 4 heteroatoms. The van der Waals surface area contributed by atoms with Crippen molar-refractivity contribution in [3.8, 4) is 0 Å². The molecule has 2 unspecified atom stereocenters. The van der Waals surface area contributed by atoms with E-state index in [4.69, 9.17) is 9.97 Å². The van der Waals surface area contributed by atoms with Crippen LogP contribution in [-0.4, -0.2) is 29.1 Å². The van der Waals surface area contributed by atoms with Crippen molar-refractivity contribution in [3.05, 3.63) is 11.9 Å². The van der Waals surface area contributed by atoms with Crippen molar-refractivity contribution >= 4 is 11.6 Å². The van der Waals surface area contributed by atoms with Gasteiger partial charge < -0.3 is 10.2 Å². The van der Waals surface area contributed by atoms with E-state index in [-0.39, 0.29) is 0 Å². The van der Waals surface area contributed by atoms with Crippen LogP contribution in [0.25, 0.3) is 0 Å². The van der Waals surface area contributed by atoms with Crippen LogP contribution in [0, 0.1) is 5.92 Å². The number of hydrogen-bond acceptors (Lipinski definition) is 4. The third-order valence-corrected chi connectivity index (χ3v) is 4.64. The summed E-state index contributed by atoms with van der Waals surface area (Å²) in [5.41, 5.74) is 0. The fourth-order valence-corrected chi connectivity index (χ4v) is 3.08. The maximum absolute atomic E-state index is 4.89. The van der Waals surface area contributed by atoms with E-state index >= 15 is 0 Å². The molecule has 1 aliphatic carbocycles. The molecule has 1 N–H and O–H groups in total. The number of nitrogens with one attached hydrogen (secondary N) is 1. The second-order valence-corrected chi connectivity index (χ2v) is 6.85. The Balaban J connectivity index is 1.86. The van der Waals surface area contributed by atoms with E-state index in [0.717, 1.165) is 42.9 Å². The number of nitrogens with zero attached hydrogens (tertiary/aromatic N) is 3. The first kappa shape index (κ1) is 14.6. The van der Waals surface area contributed by atoms with Gasteiger partial charge in [-0.15, -0.1) is 0 Å². The molecule has 0 radical (unpaired) electrons. The summed E-state index contributed by atoms with van der Waals surface area (Å²) in [5.74, 6) is 4.55. The minimum Gasteiger partial charge on any atom is -0.370 e. The van der Waals surface area contributed by atoms with Crippen LogP contribution in [0.15, 0.2) is 6.07 Å². The zero-order chi connectivity index (χ0) is 14.8. The highest BCUT2D eigenvalue weighted by atomic mass is 15.2. The fraction of sp³-hybridized carbons (Fsp3) is 0.765. The summed E-state index contributed by atoms with van der Waals surface area (Å²) in [4.78, 5) is 12.1. The van der Waals surface area contributed by atoms with Crippen molar-refractivity contribution in [2.75, 3.05) is 23.3 Å². The standard InChI is InChI=1S/C17H28N4/c1-4-9-18-15-10-16(20-17(19-15)14-7-8-14)21-11-12(2)5-6-13(21)3/h10,12-14H,4-9,11H2,1-3H3,(H,18,19,20). The van der Waals surface area contributed by atoms with Crippen LogP contribution >= 0.6 is 0 Å². The van der Waals surface area contributed by atoms with Gasteiger partial charge in [0.2, 0.25) is 0 Å². The zero-order valence-corrected chi connectivity index (χ0v) is 13.6. The summed E-state index contributed by atoms with van der Waals surface area (Å²) in [7, 11) is 0. The van der Waals surface area contributed by atoms with Gasteiger partial charge in [-0.05, 0) is 44.9 Å². The number of aromatic nitrogens is 2. The van der Waals surface area contributed by atoms with Gasteiger partial charge in [-0.25, -0.2) is 9.97 Å². The molecule has 2 fully saturated rings. The Morgan fingerprint density at radius 3 is 2.71 bits per heavy atom. The number of piperidine rings is 1. The van der Waals surface area contributed by atoms with Gasteiger partial charge in [0, 0.05) is 31.1 Å². The Labute approximate surface area is 128 Å². The van der Waals surface area contributed by atoms with Gasteiger partial charge in [0.1, 0.15) is 17.5 Å². The average molecular weight is 288 g/mol. The molecular weight excluding hydrogens is 260 g/mol. The molecule has 4 nitrogen and oxygen atoms in total. The lowest BCUT2D eigenvalue weighted by Gasteiger charge is -2.38. The van der Waals surface area contributed by atoms with E-state index in [1.807, 2.05) is 0 Å². The Morgan fingerprint density at radius 2 is 2.00 bits per heavy atom. The molecule has 0 amide bonds.